The molecule has 3 N–H and O–H groups in total. The molecule has 1 aliphatic rings. The molecular formula is C17H21N3O. The van der Waals surface area contributed by atoms with Gasteiger partial charge in [0.25, 0.3) is 0 Å². The van der Waals surface area contributed by atoms with Gasteiger partial charge in [-0.1, -0.05) is 36.4 Å². The summed E-state index contributed by atoms with van der Waals surface area (Å²) in [6.07, 6.45) is 3.87. The Balaban J connectivity index is 1.92. The van der Waals surface area contributed by atoms with E-state index in [9.17, 15) is 0 Å². The molecule has 3 atom stereocenters. The molecule has 1 heterocycles. The average Bonchev–Trinajstić information content (AvgIpc) is 2.97. The first kappa shape index (κ1) is 14.2. The Labute approximate surface area is 125 Å². The van der Waals surface area contributed by atoms with Gasteiger partial charge in [-0.3, -0.25) is 16.3 Å². The normalized spacial score (nSPS) is 20.0. The summed E-state index contributed by atoms with van der Waals surface area (Å²) in [5, 5.41) is 0. The Morgan fingerprint density at radius 3 is 2.76 bits per heavy atom. The molecule has 0 bridgehead atoms. The van der Waals surface area contributed by atoms with Gasteiger partial charge in [-0.15, -0.1) is 0 Å². The quantitative estimate of drug-likeness (QED) is 0.653. The minimum absolute atomic E-state index is 0.00792. The summed E-state index contributed by atoms with van der Waals surface area (Å²) < 4.78 is 5.75. The molecule has 3 unspecified atom stereocenters. The molecular weight excluding hydrogens is 262 g/mol. The van der Waals surface area contributed by atoms with E-state index in [0.29, 0.717) is 0 Å². The van der Waals surface area contributed by atoms with Crippen molar-refractivity contribution in [1.82, 2.24) is 10.4 Å². The minimum atomic E-state index is -0.0887. The van der Waals surface area contributed by atoms with Gasteiger partial charge < -0.3 is 4.74 Å². The molecule has 0 spiro atoms. The van der Waals surface area contributed by atoms with Gasteiger partial charge in [0.2, 0.25) is 0 Å². The number of aromatic nitrogens is 1. The van der Waals surface area contributed by atoms with Crippen molar-refractivity contribution in [2.75, 3.05) is 7.11 Å². The van der Waals surface area contributed by atoms with E-state index in [4.69, 9.17) is 10.6 Å². The average molecular weight is 283 g/mol. The number of methoxy groups -OCH3 is 1. The van der Waals surface area contributed by atoms with Gasteiger partial charge in [0, 0.05) is 24.9 Å². The number of hydrazine groups is 1. The van der Waals surface area contributed by atoms with Gasteiger partial charge in [-0.05, 0) is 30.0 Å². The number of rotatable bonds is 5. The minimum Gasteiger partial charge on any atom is -0.375 e. The number of hydrogen-bond donors (Lipinski definition) is 2. The topological polar surface area (TPSA) is 60.2 Å². The van der Waals surface area contributed by atoms with E-state index in [1.165, 1.54) is 5.56 Å². The highest BCUT2D eigenvalue weighted by Crippen LogP contribution is 2.38. The molecule has 2 aromatic rings. The Morgan fingerprint density at radius 1 is 1.24 bits per heavy atom. The Kier molecular flexibility index (Phi) is 4.29. The summed E-state index contributed by atoms with van der Waals surface area (Å²) in [5.41, 5.74) is 6.58. The third-order valence-electron chi connectivity index (χ3n) is 4.34. The first-order chi connectivity index (χ1) is 10.3. The van der Waals surface area contributed by atoms with Gasteiger partial charge in [-0.2, -0.15) is 0 Å². The number of fused-ring (bicyclic) bond motifs is 1. The second kappa shape index (κ2) is 6.35. The molecule has 4 nitrogen and oxygen atoms in total. The largest absolute Gasteiger partial charge is 0.375 e. The fourth-order valence-electron chi connectivity index (χ4n) is 3.34. The predicted molar refractivity (Wildman–Crippen MR) is 82.6 cm³/mol. The van der Waals surface area contributed by atoms with Crippen LogP contribution in [0.25, 0.3) is 0 Å². The van der Waals surface area contributed by atoms with Crippen LogP contribution in [0.5, 0.6) is 0 Å². The van der Waals surface area contributed by atoms with Crippen molar-refractivity contribution in [2.24, 2.45) is 5.84 Å². The standard InChI is InChI=1S/C17H21N3O/c1-21-17(13-6-3-2-4-7-13)16(20-18)14-10-9-12-8-5-11-19-15(12)14/h2-8,11,14,16-17,20H,9-10,18H2,1H3. The van der Waals surface area contributed by atoms with E-state index in [0.717, 1.165) is 24.1 Å². The summed E-state index contributed by atoms with van der Waals surface area (Å²) in [4.78, 5) is 4.57. The van der Waals surface area contributed by atoms with Gasteiger partial charge in [0.1, 0.15) is 0 Å². The summed E-state index contributed by atoms with van der Waals surface area (Å²) in [7, 11) is 1.73. The van der Waals surface area contributed by atoms with Gasteiger partial charge in [0.15, 0.2) is 0 Å². The number of pyridine rings is 1. The molecule has 0 amide bonds. The number of aryl methyl sites for hydroxylation is 1. The summed E-state index contributed by atoms with van der Waals surface area (Å²) in [5.74, 6) is 6.14. The molecule has 110 valence electrons. The molecule has 21 heavy (non-hydrogen) atoms. The van der Waals surface area contributed by atoms with Gasteiger partial charge in [0.05, 0.1) is 12.1 Å². The highest BCUT2D eigenvalue weighted by molar-refractivity contribution is 5.31. The van der Waals surface area contributed by atoms with Crippen LogP contribution in [-0.4, -0.2) is 18.1 Å². The smallest absolute Gasteiger partial charge is 0.0994 e. The summed E-state index contributed by atoms with van der Waals surface area (Å²) in [6, 6.07) is 14.4. The lowest BCUT2D eigenvalue weighted by atomic mass is 9.89. The Morgan fingerprint density at radius 2 is 2.05 bits per heavy atom. The number of hydrogen-bond acceptors (Lipinski definition) is 4. The molecule has 4 heteroatoms. The van der Waals surface area contributed by atoms with Crippen molar-refractivity contribution in [1.29, 1.82) is 0 Å². The number of ether oxygens (including phenoxy) is 1. The van der Waals surface area contributed by atoms with Crippen molar-refractivity contribution in [3.63, 3.8) is 0 Å². The maximum Gasteiger partial charge on any atom is 0.0994 e. The molecule has 3 rings (SSSR count). The first-order valence-corrected chi connectivity index (χ1v) is 7.32. The second-order valence-electron chi connectivity index (χ2n) is 5.45. The van der Waals surface area contributed by atoms with E-state index < -0.39 is 0 Å². The van der Waals surface area contributed by atoms with Crippen LogP contribution in [0.15, 0.2) is 48.7 Å². The maximum atomic E-state index is 5.87. The Bertz CT molecular complexity index is 586. The van der Waals surface area contributed by atoms with Crippen LogP contribution in [-0.2, 0) is 11.2 Å². The fraction of sp³-hybridized carbons (Fsp3) is 0.353. The van der Waals surface area contributed by atoms with Gasteiger partial charge in [-0.25, -0.2) is 0 Å². The Hall–Kier alpha value is -1.75. The molecule has 0 radical (unpaired) electrons. The summed E-state index contributed by atoms with van der Waals surface area (Å²) in [6.45, 7) is 0. The van der Waals surface area contributed by atoms with Crippen LogP contribution in [0.2, 0.25) is 0 Å². The number of nitrogens with one attached hydrogen (secondary N) is 1. The van der Waals surface area contributed by atoms with E-state index in [1.54, 1.807) is 7.11 Å². The van der Waals surface area contributed by atoms with Crippen LogP contribution in [0.3, 0.4) is 0 Å². The third kappa shape index (κ3) is 2.70. The second-order valence-corrected chi connectivity index (χ2v) is 5.45. The molecule has 0 saturated carbocycles. The lowest BCUT2D eigenvalue weighted by Gasteiger charge is -2.30. The number of benzene rings is 1. The zero-order valence-corrected chi connectivity index (χ0v) is 12.2. The molecule has 1 aromatic carbocycles. The van der Waals surface area contributed by atoms with Crippen LogP contribution in [0.1, 0.15) is 35.3 Å². The van der Waals surface area contributed by atoms with Crippen molar-refractivity contribution in [3.05, 3.63) is 65.5 Å². The third-order valence-corrected chi connectivity index (χ3v) is 4.34. The zero-order valence-electron chi connectivity index (χ0n) is 12.2. The molecule has 1 aromatic heterocycles. The first-order valence-electron chi connectivity index (χ1n) is 7.32. The maximum absolute atomic E-state index is 5.87. The van der Waals surface area contributed by atoms with Crippen LogP contribution >= 0.6 is 0 Å². The van der Waals surface area contributed by atoms with Crippen LogP contribution in [0, 0.1) is 0 Å². The van der Waals surface area contributed by atoms with E-state index in [1.807, 2.05) is 30.5 Å². The zero-order chi connectivity index (χ0) is 14.7. The summed E-state index contributed by atoms with van der Waals surface area (Å²) >= 11 is 0. The lowest BCUT2D eigenvalue weighted by Crippen LogP contribution is -2.44. The van der Waals surface area contributed by atoms with Crippen molar-refractivity contribution in [2.45, 2.75) is 30.9 Å². The SMILES string of the molecule is COC(c1ccccc1)C(NN)C1CCc2cccnc21. The molecule has 0 aliphatic heterocycles. The molecule has 0 fully saturated rings. The fourth-order valence-corrected chi connectivity index (χ4v) is 3.34. The monoisotopic (exact) mass is 283 g/mol. The van der Waals surface area contributed by atoms with E-state index in [2.05, 4.69) is 28.6 Å². The van der Waals surface area contributed by atoms with Gasteiger partial charge >= 0.3 is 0 Å². The van der Waals surface area contributed by atoms with Crippen LogP contribution in [0.4, 0.5) is 0 Å². The number of nitrogens with zero attached hydrogens (tertiary/aromatic N) is 1. The van der Waals surface area contributed by atoms with Crippen molar-refractivity contribution < 1.29 is 4.74 Å². The van der Waals surface area contributed by atoms with E-state index in [-0.39, 0.29) is 18.1 Å². The molecule has 1 aliphatic carbocycles. The number of nitrogens with two attached hydrogens (primary N) is 1. The van der Waals surface area contributed by atoms with Crippen LogP contribution < -0.4 is 11.3 Å². The van der Waals surface area contributed by atoms with E-state index >= 15 is 0 Å². The lowest BCUT2D eigenvalue weighted by molar-refractivity contribution is 0.0577. The predicted octanol–water partition coefficient (Wildman–Crippen LogP) is 2.33. The molecule has 0 saturated heterocycles. The van der Waals surface area contributed by atoms with Crippen molar-refractivity contribution >= 4 is 0 Å². The highest BCUT2D eigenvalue weighted by atomic mass is 16.5. The highest BCUT2D eigenvalue weighted by Gasteiger charge is 2.36. The van der Waals surface area contributed by atoms with Crippen molar-refractivity contribution in [3.8, 4) is 0 Å².